The molecule has 0 saturated heterocycles. The second-order valence-corrected chi connectivity index (χ2v) is 11.6. The third-order valence-corrected chi connectivity index (χ3v) is 7.73. The summed E-state index contributed by atoms with van der Waals surface area (Å²) in [6.45, 7) is 10.6. The Balaban J connectivity index is 3.62. The first kappa shape index (κ1) is 35.2. The minimum absolute atomic E-state index is 0.222. The van der Waals surface area contributed by atoms with Crippen LogP contribution in [0.25, 0.3) is 0 Å². The van der Waals surface area contributed by atoms with E-state index in [1.165, 1.54) is 167 Å². The normalized spacial score (nSPS) is 12.1. The summed E-state index contributed by atoms with van der Waals surface area (Å²) >= 11 is 0. The molecule has 0 fully saturated rings. The molecule has 0 aliphatic carbocycles. The molecule has 214 valence electrons. The second-order valence-electron chi connectivity index (χ2n) is 11.6. The molecule has 2 nitrogen and oxygen atoms in total. The Labute approximate surface area is 227 Å². The molecule has 0 aliphatic rings. The van der Waals surface area contributed by atoms with Crippen molar-refractivity contribution in [3.05, 3.63) is 12.2 Å². The first-order valence-corrected chi connectivity index (χ1v) is 16.4. The SMILES string of the molecule is C=C(C)C(=O)OCC(CCCCCCCC)CCCCCCCCCCCCCCCCCCCC. The van der Waals surface area contributed by atoms with Crippen molar-refractivity contribution in [2.24, 2.45) is 5.92 Å². The van der Waals surface area contributed by atoms with Crippen LogP contribution in [-0.4, -0.2) is 12.6 Å². The van der Waals surface area contributed by atoms with Crippen molar-refractivity contribution >= 4 is 5.97 Å². The average Bonchev–Trinajstić information content (AvgIpc) is 2.87. The van der Waals surface area contributed by atoms with Crippen molar-refractivity contribution in [1.82, 2.24) is 0 Å². The zero-order chi connectivity index (χ0) is 26.5. The van der Waals surface area contributed by atoms with Crippen molar-refractivity contribution < 1.29 is 9.53 Å². The molecule has 0 radical (unpaired) electrons. The fourth-order valence-electron chi connectivity index (χ4n) is 5.18. The number of hydrogen-bond acceptors (Lipinski definition) is 2. The minimum atomic E-state index is -0.222. The van der Waals surface area contributed by atoms with Gasteiger partial charge in [0.1, 0.15) is 0 Å². The van der Waals surface area contributed by atoms with Gasteiger partial charge in [-0.15, -0.1) is 0 Å². The minimum Gasteiger partial charge on any atom is -0.462 e. The Kier molecular flexibility index (Phi) is 28.1. The van der Waals surface area contributed by atoms with Crippen LogP contribution in [0.15, 0.2) is 12.2 Å². The highest BCUT2D eigenvalue weighted by Crippen LogP contribution is 2.21. The van der Waals surface area contributed by atoms with E-state index in [9.17, 15) is 4.79 Å². The lowest BCUT2D eigenvalue weighted by molar-refractivity contribution is -0.140. The summed E-state index contributed by atoms with van der Waals surface area (Å²) in [4.78, 5) is 11.8. The van der Waals surface area contributed by atoms with E-state index in [-0.39, 0.29) is 5.97 Å². The molecule has 36 heavy (non-hydrogen) atoms. The molecule has 0 bridgehead atoms. The van der Waals surface area contributed by atoms with Crippen LogP contribution in [0.4, 0.5) is 0 Å². The van der Waals surface area contributed by atoms with Gasteiger partial charge in [0.05, 0.1) is 6.61 Å². The smallest absolute Gasteiger partial charge is 0.333 e. The molecule has 0 rings (SSSR count). The Morgan fingerprint density at radius 1 is 0.528 bits per heavy atom. The largest absolute Gasteiger partial charge is 0.462 e. The zero-order valence-electron chi connectivity index (χ0n) is 25.2. The molecule has 2 heteroatoms. The van der Waals surface area contributed by atoms with E-state index in [2.05, 4.69) is 20.4 Å². The molecule has 0 aliphatic heterocycles. The number of ether oxygens (including phenoxy) is 1. The highest BCUT2D eigenvalue weighted by molar-refractivity contribution is 5.86. The Bertz CT molecular complexity index is 470. The third-order valence-electron chi connectivity index (χ3n) is 7.73. The van der Waals surface area contributed by atoms with Gasteiger partial charge in [0.15, 0.2) is 0 Å². The average molecular weight is 507 g/mol. The van der Waals surface area contributed by atoms with Gasteiger partial charge in [0, 0.05) is 5.57 Å². The fraction of sp³-hybridized carbons (Fsp3) is 0.912. The van der Waals surface area contributed by atoms with Gasteiger partial charge in [0.2, 0.25) is 0 Å². The van der Waals surface area contributed by atoms with Crippen molar-refractivity contribution in [1.29, 1.82) is 0 Å². The number of carbonyl (C=O) groups excluding carboxylic acids is 1. The molecular weight excluding hydrogens is 440 g/mol. The number of rotatable bonds is 29. The fourth-order valence-corrected chi connectivity index (χ4v) is 5.18. The Morgan fingerprint density at radius 2 is 0.806 bits per heavy atom. The standard InChI is InChI=1S/C34H66O2/c1-5-7-9-11-13-14-15-16-17-18-19-20-21-22-23-24-26-28-30-33(31-36-34(35)32(3)4)29-27-25-12-10-8-6-2/h33H,3,5-31H2,1-2,4H3. The van der Waals surface area contributed by atoms with Gasteiger partial charge in [-0.3, -0.25) is 0 Å². The van der Waals surface area contributed by atoms with Crippen LogP contribution in [0.3, 0.4) is 0 Å². The summed E-state index contributed by atoms with van der Waals surface area (Å²) in [7, 11) is 0. The van der Waals surface area contributed by atoms with Crippen molar-refractivity contribution in [3.8, 4) is 0 Å². The molecule has 0 saturated carbocycles. The number of esters is 1. The van der Waals surface area contributed by atoms with E-state index in [1.807, 2.05) is 0 Å². The summed E-state index contributed by atoms with van der Waals surface area (Å²) in [5, 5.41) is 0. The van der Waals surface area contributed by atoms with Crippen LogP contribution in [0.5, 0.6) is 0 Å². The van der Waals surface area contributed by atoms with Crippen LogP contribution < -0.4 is 0 Å². The van der Waals surface area contributed by atoms with Gasteiger partial charge >= 0.3 is 5.97 Å². The lowest BCUT2D eigenvalue weighted by atomic mass is 9.94. The Morgan fingerprint density at radius 3 is 1.08 bits per heavy atom. The van der Waals surface area contributed by atoms with E-state index < -0.39 is 0 Å². The summed E-state index contributed by atoms with van der Waals surface area (Å²) < 4.78 is 5.51. The predicted molar refractivity (Wildman–Crippen MR) is 161 cm³/mol. The van der Waals surface area contributed by atoms with Crippen molar-refractivity contribution in [3.63, 3.8) is 0 Å². The van der Waals surface area contributed by atoms with Gasteiger partial charge in [-0.1, -0.05) is 175 Å². The maximum absolute atomic E-state index is 11.8. The summed E-state index contributed by atoms with van der Waals surface area (Å²) in [6.07, 6.45) is 35.9. The molecule has 0 aromatic rings. The van der Waals surface area contributed by atoms with E-state index in [0.717, 1.165) is 0 Å². The first-order chi connectivity index (χ1) is 17.6. The van der Waals surface area contributed by atoms with E-state index in [0.29, 0.717) is 18.1 Å². The molecule has 1 unspecified atom stereocenters. The molecule has 0 aromatic heterocycles. The van der Waals surface area contributed by atoms with Gasteiger partial charge in [-0.05, 0) is 25.7 Å². The highest BCUT2D eigenvalue weighted by Gasteiger charge is 2.12. The first-order valence-electron chi connectivity index (χ1n) is 16.4. The monoisotopic (exact) mass is 507 g/mol. The summed E-state index contributed by atoms with van der Waals surface area (Å²) in [6, 6.07) is 0. The number of carbonyl (C=O) groups is 1. The van der Waals surface area contributed by atoms with Crippen molar-refractivity contribution in [2.45, 2.75) is 188 Å². The zero-order valence-corrected chi connectivity index (χ0v) is 25.2. The molecule has 0 N–H and O–H groups in total. The van der Waals surface area contributed by atoms with E-state index in [1.54, 1.807) is 6.92 Å². The molecule has 0 aromatic carbocycles. The highest BCUT2D eigenvalue weighted by atomic mass is 16.5. The van der Waals surface area contributed by atoms with Crippen LogP contribution in [0, 0.1) is 5.92 Å². The van der Waals surface area contributed by atoms with Crippen molar-refractivity contribution in [2.75, 3.05) is 6.61 Å². The molecular formula is C34H66O2. The molecule has 0 amide bonds. The summed E-state index contributed by atoms with van der Waals surface area (Å²) in [5.41, 5.74) is 0.515. The van der Waals surface area contributed by atoms with Gasteiger partial charge in [0.25, 0.3) is 0 Å². The second kappa shape index (κ2) is 28.8. The maximum Gasteiger partial charge on any atom is 0.333 e. The summed E-state index contributed by atoms with van der Waals surface area (Å²) in [5.74, 6) is 0.307. The van der Waals surface area contributed by atoms with Crippen LogP contribution >= 0.6 is 0 Å². The van der Waals surface area contributed by atoms with E-state index >= 15 is 0 Å². The molecule has 0 spiro atoms. The van der Waals surface area contributed by atoms with Gasteiger partial charge in [-0.2, -0.15) is 0 Å². The number of hydrogen-bond donors (Lipinski definition) is 0. The maximum atomic E-state index is 11.8. The predicted octanol–water partition coefficient (Wildman–Crippen LogP) is 11.9. The third kappa shape index (κ3) is 26.3. The van der Waals surface area contributed by atoms with E-state index in [4.69, 9.17) is 4.74 Å². The molecule has 0 heterocycles. The topological polar surface area (TPSA) is 26.3 Å². The van der Waals surface area contributed by atoms with Crippen LogP contribution in [0.2, 0.25) is 0 Å². The van der Waals surface area contributed by atoms with Crippen LogP contribution in [-0.2, 0) is 9.53 Å². The quantitative estimate of drug-likeness (QED) is 0.0572. The number of unbranched alkanes of at least 4 members (excludes halogenated alkanes) is 22. The Hall–Kier alpha value is -0.790. The van der Waals surface area contributed by atoms with Crippen LogP contribution in [0.1, 0.15) is 188 Å². The van der Waals surface area contributed by atoms with Gasteiger partial charge in [-0.25, -0.2) is 4.79 Å². The van der Waals surface area contributed by atoms with Gasteiger partial charge < -0.3 is 4.74 Å². The molecule has 1 atom stereocenters. The lowest BCUT2D eigenvalue weighted by Gasteiger charge is -2.17. The lowest BCUT2D eigenvalue weighted by Crippen LogP contribution is -2.15.